The summed E-state index contributed by atoms with van der Waals surface area (Å²) in [7, 11) is 0. The number of hydrogen-bond donors (Lipinski definition) is 1. The highest BCUT2D eigenvalue weighted by Crippen LogP contribution is 2.47. The molecule has 0 atom stereocenters. The standard InChI is InChI=1S/C12H15N3O2/c16-10-7-12(4-1-2-5-12)11(17)15(10)8-9-3-6-13-14-9/h3,6H,1-2,4-5,7-8H2,(H,13,14). The van der Waals surface area contributed by atoms with E-state index in [1.165, 1.54) is 4.90 Å². The van der Waals surface area contributed by atoms with Gasteiger partial charge in [0.25, 0.3) is 0 Å². The normalized spacial score (nSPS) is 22.9. The van der Waals surface area contributed by atoms with Gasteiger partial charge in [-0.15, -0.1) is 0 Å². The van der Waals surface area contributed by atoms with Crippen molar-refractivity contribution in [3.63, 3.8) is 0 Å². The number of nitrogens with zero attached hydrogens (tertiary/aromatic N) is 2. The van der Waals surface area contributed by atoms with Gasteiger partial charge in [-0.2, -0.15) is 5.10 Å². The fourth-order valence-corrected chi connectivity index (χ4v) is 3.01. The van der Waals surface area contributed by atoms with Crippen LogP contribution in [0.4, 0.5) is 0 Å². The van der Waals surface area contributed by atoms with Crippen molar-refractivity contribution < 1.29 is 9.59 Å². The molecule has 5 nitrogen and oxygen atoms in total. The lowest BCUT2D eigenvalue weighted by atomic mass is 9.84. The largest absolute Gasteiger partial charge is 0.281 e. The molecule has 3 rings (SSSR count). The van der Waals surface area contributed by atoms with E-state index in [0.717, 1.165) is 31.4 Å². The van der Waals surface area contributed by atoms with Crippen LogP contribution in [0.15, 0.2) is 12.3 Å². The third kappa shape index (κ3) is 1.57. The number of carbonyl (C=O) groups excluding carboxylic acids is 2. The molecule has 2 aliphatic rings. The number of hydrogen-bond acceptors (Lipinski definition) is 3. The zero-order valence-electron chi connectivity index (χ0n) is 9.61. The SMILES string of the molecule is O=C1CC2(CCCC2)C(=O)N1Cc1ccn[nH]1. The van der Waals surface area contributed by atoms with E-state index in [4.69, 9.17) is 0 Å². The molecule has 2 heterocycles. The van der Waals surface area contributed by atoms with Crippen molar-refractivity contribution in [2.45, 2.75) is 38.6 Å². The molecule has 2 fully saturated rings. The molecule has 0 bridgehead atoms. The number of H-pyrrole nitrogens is 1. The van der Waals surface area contributed by atoms with Crippen molar-refractivity contribution in [2.24, 2.45) is 5.41 Å². The Kier molecular flexibility index (Phi) is 2.28. The van der Waals surface area contributed by atoms with E-state index in [0.29, 0.717) is 13.0 Å². The number of aromatic nitrogens is 2. The Morgan fingerprint density at radius 2 is 2.12 bits per heavy atom. The van der Waals surface area contributed by atoms with E-state index in [1.807, 2.05) is 0 Å². The van der Waals surface area contributed by atoms with E-state index in [-0.39, 0.29) is 17.2 Å². The minimum absolute atomic E-state index is 0.0228. The third-order valence-electron chi connectivity index (χ3n) is 3.94. The molecule has 1 aliphatic carbocycles. The first kappa shape index (κ1) is 10.5. The molecule has 0 radical (unpaired) electrons. The van der Waals surface area contributed by atoms with Crippen LogP contribution in [0, 0.1) is 5.41 Å². The smallest absolute Gasteiger partial charge is 0.236 e. The average Bonchev–Trinajstić information content (AvgIpc) is 2.99. The number of carbonyl (C=O) groups is 2. The Labute approximate surface area is 99.2 Å². The summed E-state index contributed by atoms with van der Waals surface area (Å²) >= 11 is 0. The Morgan fingerprint density at radius 1 is 1.35 bits per heavy atom. The first-order chi connectivity index (χ1) is 8.21. The monoisotopic (exact) mass is 233 g/mol. The topological polar surface area (TPSA) is 66.1 Å². The summed E-state index contributed by atoms with van der Waals surface area (Å²) < 4.78 is 0. The second kappa shape index (κ2) is 3.68. The second-order valence-corrected chi connectivity index (χ2v) is 5.03. The lowest BCUT2D eigenvalue weighted by Crippen LogP contribution is -2.34. The molecule has 17 heavy (non-hydrogen) atoms. The van der Waals surface area contributed by atoms with E-state index in [1.54, 1.807) is 12.3 Å². The van der Waals surface area contributed by atoms with Gasteiger partial charge in [-0.1, -0.05) is 12.8 Å². The molecule has 5 heteroatoms. The van der Waals surface area contributed by atoms with Crippen molar-refractivity contribution in [1.29, 1.82) is 0 Å². The fraction of sp³-hybridized carbons (Fsp3) is 0.583. The Balaban J connectivity index is 1.82. The molecule has 1 aromatic heterocycles. The molecule has 1 saturated heterocycles. The van der Waals surface area contributed by atoms with E-state index in [9.17, 15) is 9.59 Å². The van der Waals surface area contributed by atoms with Crippen LogP contribution in [0.1, 0.15) is 37.8 Å². The zero-order chi connectivity index (χ0) is 11.9. The molecule has 90 valence electrons. The number of likely N-dealkylation sites (tertiary alicyclic amines) is 1. The van der Waals surface area contributed by atoms with Gasteiger partial charge in [0, 0.05) is 12.6 Å². The van der Waals surface area contributed by atoms with Crippen LogP contribution in [0.5, 0.6) is 0 Å². The second-order valence-electron chi connectivity index (χ2n) is 5.03. The van der Waals surface area contributed by atoms with Crippen LogP contribution in [-0.2, 0) is 16.1 Å². The van der Waals surface area contributed by atoms with Gasteiger partial charge in [-0.25, -0.2) is 0 Å². The molecule has 1 aliphatic heterocycles. The third-order valence-corrected chi connectivity index (χ3v) is 3.94. The molecule has 1 spiro atoms. The van der Waals surface area contributed by atoms with Crippen LogP contribution in [-0.4, -0.2) is 26.9 Å². The molecule has 1 N–H and O–H groups in total. The van der Waals surface area contributed by atoms with Gasteiger partial charge in [0.15, 0.2) is 0 Å². The van der Waals surface area contributed by atoms with Gasteiger partial charge in [-0.05, 0) is 18.9 Å². The van der Waals surface area contributed by atoms with Crippen LogP contribution < -0.4 is 0 Å². The highest BCUT2D eigenvalue weighted by atomic mass is 16.2. The summed E-state index contributed by atoms with van der Waals surface area (Å²) in [6.07, 6.45) is 5.91. The van der Waals surface area contributed by atoms with Crippen LogP contribution in [0.25, 0.3) is 0 Å². The Bertz CT molecular complexity index is 446. The van der Waals surface area contributed by atoms with E-state index >= 15 is 0 Å². The van der Waals surface area contributed by atoms with Crippen molar-refractivity contribution in [2.75, 3.05) is 0 Å². The van der Waals surface area contributed by atoms with Gasteiger partial charge in [0.1, 0.15) is 0 Å². The van der Waals surface area contributed by atoms with Crippen LogP contribution >= 0.6 is 0 Å². The van der Waals surface area contributed by atoms with Crippen molar-refractivity contribution in [3.05, 3.63) is 18.0 Å². The minimum Gasteiger partial charge on any atom is -0.281 e. The Hall–Kier alpha value is -1.65. The molecule has 1 saturated carbocycles. The number of rotatable bonds is 2. The molecule has 0 aromatic carbocycles. The van der Waals surface area contributed by atoms with Crippen molar-refractivity contribution in [3.8, 4) is 0 Å². The van der Waals surface area contributed by atoms with Gasteiger partial charge in [0.05, 0.1) is 17.7 Å². The van der Waals surface area contributed by atoms with Gasteiger partial charge in [-0.3, -0.25) is 19.6 Å². The molecule has 1 aromatic rings. The van der Waals surface area contributed by atoms with E-state index in [2.05, 4.69) is 10.2 Å². The number of nitrogens with one attached hydrogen (secondary N) is 1. The minimum atomic E-state index is -0.364. The summed E-state index contributed by atoms with van der Waals surface area (Å²) in [4.78, 5) is 25.7. The highest BCUT2D eigenvalue weighted by Gasteiger charge is 2.52. The molecular weight excluding hydrogens is 218 g/mol. The quantitative estimate of drug-likeness (QED) is 0.781. The lowest BCUT2D eigenvalue weighted by molar-refractivity contribution is -0.142. The van der Waals surface area contributed by atoms with Crippen LogP contribution in [0.3, 0.4) is 0 Å². The predicted octanol–water partition coefficient (Wildman–Crippen LogP) is 1.23. The van der Waals surface area contributed by atoms with Gasteiger partial charge in [0.2, 0.25) is 11.8 Å². The summed E-state index contributed by atoms with van der Waals surface area (Å²) in [6, 6.07) is 1.79. The fourth-order valence-electron chi connectivity index (χ4n) is 3.01. The zero-order valence-corrected chi connectivity index (χ0v) is 9.61. The average molecular weight is 233 g/mol. The maximum absolute atomic E-state index is 12.3. The van der Waals surface area contributed by atoms with Crippen molar-refractivity contribution >= 4 is 11.8 Å². The summed E-state index contributed by atoms with van der Waals surface area (Å²) in [5, 5.41) is 6.62. The number of imide groups is 1. The maximum Gasteiger partial charge on any atom is 0.236 e. The first-order valence-corrected chi connectivity index (χ1v) is 6.04. The summed E-state index contributed by atoms with van der Waals surface area (Å²) in [6.45, 7) is 0.333. The number of amides is 2. The van der Waals surface area contributed by atoms with E-state index < -0.39 is 0 Å². The van der Waals surface area contributed by atoms with Gasteiger partial charge < -0.3 is 0 Å². The lowest BCUT2D eigenvalue weighted by Gasteiger charge is -2.20. The van der Waals surface area contributed by atoms with Crippen LogP contribution in [0.2, 0.25) is 0 Å². The summed E-state index contributed by atoms with van der Waals surface area (Å²) in [5.74, 6) is -0.0129. The molecule has 2 amide bonds. The summed E-state index contributed by atoms with van der Waals surface area (Å²) in [5.41, 5.74) is 0.443. The molecule has 0 unspecified atom stereocenters. The highest BCUT2D eigenvalue weighted by molar-refractivity contribution is 6.05. The first-order valence-electron chi connectivity index (χ1n) is 6.04. The molecular formula is C12H15N3O2. The number of aromatic amines is 1. The van der Waals surface area contributed by atoms with Crippen molar-refractivity contribution in [1.82, 2.24) is 15.1 Å². The maximum atomic E-state index is 12.3. The predicted molar refractivity (Wildman–Crippen MR) is 59.7 cm³/mol. The van der Waals surface area contributed by atoms with Gasteiger partial charge >= 0.3 is 0 Å². The Morgan fingerprint density at radius 3 is 2.76 bits per heavy atom.